The van der Waals surface area contributed by atoms with Crippen molar-refractivity contribution in [3.63, 3.8) is 0 Å². The van der Waals surface area contributed by atoms with Gasteiger partial charge in [0.25, 0.3) is 0 Å². The Morgan fingerprint density at radius 3 is 2.29 bits per heavy atom. The minimum atomic E-state index is -3.64. The van der Waals surface area contributed by atoms with Crippen LogP contribution < -0.4 is 21.3 Å². The summed E-state index contributed by atoms with van der Waals surface area (Å²) in [6.07, 6.45) is 1.97. The van der Waals surface area contributed by atoms with Gasteiger partial charge in [-0.15, -0.1) is 0 Å². The molecule has 0 bridgehead atoms. The lowest BCUT2D eigenvalue weighted by Crippen LogP contribution is -2.43. The van der Waals surface area contributed by atoms with Crippen molar-refractivity contribution in [1.82, 2.24) is 14.9 Å². The lowest BCUT2D eigenvalue weighted by molar-refractivity contribution is -0.118. The summed E-state index contributed by atoms with van der Waals surface area (Å²) >= 11 is 0. The summed E-state index contributed by atoms with van der Waals surface area (Å²) in [5, 5.41) is 11.1. The molecule has 1 rings (SSSR count). The maximum atomic E-state index is 12.9. The van der Waals surface area contributed by atoms with Crippen molar-refractivity contribution in [3.8, 4) is 0 Å². The zero-order valence-electron chi connectivity index (χ0n) is 19.2. The van der Waals surface area contributed by atoms with E-state index in [0.717, 1.165) is 19.4 Å². The molecule has 31 heavy (non-hydrogen) atoms. The Hall–Kier alpha value is -2.33. The van der Waals surface area contributed by atoms with Gasteiger partial charge < -0.3 is 16.0 Å². The molecule has 0 fully saturated rings. The van der Waals surface area contributed by atoms with Crippen LogP contribution >= 0.6 is 0 Å². The van der Waals surface area contributed by atoms with Gasteiger partial charge >= 0.3 is 6.03 Å². The van der Waals surface area contributed by atoms with Crippen molar-refractivity contribution < 1.29 is 18.0 Å². The van der Waals surface area contributed by atoms with Gasteiger partial charge in [0, 0.05) is 26.2 Å². The third kappa shape index (κ3) is 8.74. The van der Waals surface area contributed by atoms with Gasteiger partial charge in [-0.1, -0.05) is 41.0 Å². The lowest BCUT2D eigenvalue weighted by Gasteiger charge is -2.20. The Bertz CT molecular complexity index is 823. The molecule has 0 saturated carbocycles. The van der Waals surface area contributed by atoms with Crippen molar-refractivity contribution in [2.75, 3.05) is 43.4 Å². The van der Waals surface area contributed by atoms with Gasteiger partial charge in [0.2, 0.25) is 15.9 Å². The SMILES string of the molecule is CCCCNc1ccc(S(=O)(=O)N(CC)CC)cc1NCC(=O)NC(=O)NCC(C)C. The zero-order chi connectivity index (χ0) is 23.4. The first-order chi connectivity index (χ1) is 14.6. The number of benzene rings is 1. The number of carbonyl (C=O) groups is 2. The molecule has 1 aromatic carbocycles. The van der Waals surface area contributed by atoms with E-state index in [1.54, 1.807) is 26.0 Å². The van der Waals surface area contributed by atoms with E-state index < -0.39 is 22.0 Å². The van der Waals surface area contributed by atoms with Crippen molar-refractivity contribution in [3.05, 3.63) is 18.2 Å². The smallest absolute Gasteiger partial charge is 0.321 e. The van der Waals surface area contributed by atoms with Gasteiger partial charge in [-0.2, -0.15) is 4.31 Å². The molecule has 0 unspecified atom stereocenters. The Labute approximate surface area is 186 Å². The van der Waals surface area contributed by atoms with Crippen LogP contribution in [0.3, 0.4) is 0 Å². The van der Waals surface area contributed by atoms with Crippen molar-refractivity contribution in [1.29, 1.82) is 0 Å². The van der Waals surface area contributed by atoms with E-state index in [0.29, 0.717) is 31.0 Å². The van der Waals surface area contributed by atoms with Crippen LogP contribution in [0.15, 0.2) is 23.1 Å². The van der Waals surface area contributed by atoms with Crippen LogP contribution in [0.25, 0.3) is 0 Å². The maximum absolute atomic E-state index is 12.9. The molecule has 0 aliphatic heterocycles. The van der Waals surface area contributed by atoms with Gasteiger partial charge in [-0.05, 0) is 30.5 Å². The fraction of sp³-hybridized carbons (Fsp3) is 0.619. The summed E-state index contributed by atoms with van der Waals surface area (Å²) in [6.45, 7) is 11.3. The fourth-order valence-corrected chi connectivity index (χ4v) is 4.27. The van der Waals surface area contributed by atoms with Gasteiger partial charge in [0.15, 0.2) is 0 Å². The lowest BCUT2D eigenvalue weighted by atomic mass is 10.2. The van der Waals surface area contributed by atoms with Gasteiger partial charge in [-0.25, -0.2) is 13.2 Å². The molecule has 4 N–H and O–H groups in total. The molecular weight excluding hydrogens is 418 g/mol. The number of carbonyl (C=O) groups excluding carboxylic acids is 2. The first-order valence-corrected chi connectivity index (χ1v) is 12.3. The van der Waals surface area contributed by atoms with Crippen molar-refractivity contribution in [2.45, 2.75) is 52.4 Å². The number of hydrogen-bond acceptors (Lipinski definition) is 6. The molecule has 0 aromatic heterocycles. The number of nitrogens with one attached hydrogen (secondary N) is 4. The van der Waals surface area contributed by atoms with E-state index in [2.05, 4.69) is 28.2 Å². The second kappa shape index (κ2) is 13.2. The summed E-state index contributed by atoms with van der Waals surface area (Å²) in [5.74, 6) is -0.246. The Morgan fingerprint density at radius 2 is 1.71 bits per heavy atom. The van der Waals surface area contributed by atoms with Gasteiger partial charge in [0.1, 0.15) is 0 Å². The number of urea groups is 1. The minimum absolute atomic E-state index is 0.148. The third-order valence-corrected chi connectivity index (χ3v) is 6.59. The Kier molecular flexibility index (Phi) is 11.3. The number of anilines is 2. The molecule has 0 saturated heterocycles. The van der Waals surface area contributed by atoms with Crippen LogP contribution in [0, 0.1) is 5.92 Å². The summed E-state index contributed by atoms with van der Waals surface area (Å²) in [6, 6.07) is 4.22. The van der Waals surface area contributed by atoms with E-state index >= 15 is 0 Å². The molecule has 9 nitrogen and oxygen atoms in total. The second-order valence-corrected chi connectivity index (χ2v) is 9.52. The first kappa shape index (κ1) is 26.7. The predicted molar refractivity (Wildman–Crippen MR) is 125 cm³/mol. The Morgan fingerprint density at radius 1 is 1.03 bits per heavy atom. The molecule has 10 heteroatoms. The summed E-state index contributed by atoms with van der Waals surface area (Å²) in [7, 11) is -3.64. The monoisotopic (exact) mass is 455 g/mol. The summed E-state index contributed by atoms with van der Waals surface area (Å²) in [4.78, 5) is 24.1. The zero-order valence-corrected chi connectivity index (χ0v) is 20.1. The highest BCUT2D eigenvalue weighted by Crippen LogP contribution is 2.27. The molecule has 0 atom stereocenters. The van der Waals surface area contributed by atoms with E-state index in [1.807, 2.05) is 13.8 Å². The van der Waals surface area contributed by atoms with Crippen molar-refractivity contribution >= 4 is 33.3 Å². The highest BCUT2D eigenvalue weighted by atomic mass is 32.2. The van der Waals surface area contributed by atoms with Crippen molar-refractivity contribution in [2.24, 2.45) is 5.92 Å². The van der Waals surface area contributed by atoms with E-state index in [1.165, 1.54) is 10.4 Å². The van der Waals surface area contributed by atoms with Crippen LogP contribution in [0.1, 0.15) is 47.5 Å². The Balaban J connectivity index is 2.98. The third-order valence-electron chi connectivity index (χ3n) is 4.54. The molecule has 0 aliphatic rings. The van der Waals surface area contributed by atoms with Crippen LogP contribution in [-0.2, 0) is 14.8 Å². The second-order valence-electron chi connectivity index (χ2n) is 7.58. The highest BCUT2D eigenvalue weighted by molar-refractivity contribution is 7.89. The van der Waals surface area contributed by atoms with Crippen LogP contribution in [-0.4, -0.2) is 57.4 Å². The summed E-state index contributed by atoms with van der Waals surface area (Å²) in [5.41, 5.74) is 1.19. The number of unbranched alkanes of at least 4 members (excludes halogenated alkanes) is 1. The topological polar surface area (TPSA) is 120 Å². The number of hydrogen-bond donors (Lipinski definition) is 4. The number of rotatable bonds is 13. The number of imide groups is 1. The van der Waals surface area contributed by atoms with Crippen LogP contribution in [0.2, 0.25) is 0 Å². The van der Waals surface area contributed by atoms with E-state index in [4.69, 9.17) is 0 Å². The number of sulfonamides is 1. The minimum Gasteiger partial charge on any atom is -0.383 e. The summed E-state index contributed by atoms with van der Waals surface area (Å²) < 4.78 is 27.1. The average Bonchev–Trinajstić information content (AvgIpc) is 2.72. The molecule has 0 radical (unpaired) electrons. The predicted octanol–water partition coefficient (Wildman–Crippen LogP) is 2.82. The molecule has 176 valence electrons. The van der Waals surface area contributed by atoms with E-state index in [-0.39, 0.29) is 17.4 Å². The van der Waals surface area contributed by atoms with Crippen LogP contribution in [0.5, 0.6) is 0 Å². The molecule has 3 amide bonds. The molecule has 0 heterocycles. The molecular formula is C21H37N5O4S. The molecule has 0 aliphatic carbocycles. The fourth-order valence-electron chi connectivity index (χ4n) is 2.78. The maximum Gasteiger partial charge on any atom is 0.321 e. The molecule has 0 spiro atoms. The van der Waals surface area contributed by atoms with E-state index in [9.17, 15) is 18.0 Å². The number of nitrogens with zero attached hydrogens (tertiary/aromatic N) is 1. The first-order valence-electron chi connectivity index (χ1n) is 10.8. The largest absolute Gasteiger partial charge is 0.383 e. The standard InChI is InChI=1S/C21H37N5O4S/c1-6-9-12-22-18-11-10-17(31(29,30)26(7-2)8-3)13-19(18)23-15-20(27)25-21(28)24-14-16(4)5/h10-11,13,16,22-23H,6-9,12,14-15H2,1-5H3,(H2,24,25,27,28). The molecule has 1 aromatic rings. The van der Waals surface area contributed by atoms with Gasteiger partial charge in [0.05, 0.1) is 22.8 Å². The van der Waals surface area contributed by atoms with Gasteiger partial charge in [-0.3, -0.25) is 10.1 Å². The normalized spacial score (nSPS) is 11.5. The highest BCUT2D eigenvalue weighted by Gasteiger charge is 2.22. The van der Waals surface area contributed by atoms with Crippen LogP contribution in [0.4, 0.5) is 16.2 Å². The average molecular weight is 456 g/mol. The quantitative estimate of drug-likeness (QED) is 0.340. The number of amides is 3.